The van der Waals surface area contributed by atoms with E-state index in [0.717, 1.165) is 67.0 Å². The van der Waals surface area contributed by atoms with Crippen LogP contribution in [-0.2, 0) is 16.6 Å². The SMILES string of the molecule is C=CC(=O)N1CCC(Oc2ccc(/C=C/C(=O)N3CCC(Oc4ccc(-c5ncnn5C)cc4)CC3)c(C3CCCC3)c2)CC1. The van der Waals surface area contributed by atoms with Crippen molar-refractivity contribution in [2.75, 3.05) is 26.2 Å². The zero-order valence-corrected chi connectivity index (χ0v) is 26.1. The summed E-state index contributed by atoms with van der Waals surface area (Å²) in [6.45, 7) is 6.32. The number of benzene rings is 2. The van der Waals surface area contributed by atoms with Crippen LogP contribution < -0.4 is 9.47 Å². The molecule has 1 aromatic heterocycles. The van der Waals surface area contributed by atoms with Crippen molar-refractivity contribution in [1.82, 2.24) is 24.6 Å². The number of rotatable bonds is 9. The number of amides is 2. The molecule has 2 amide bonds. The lowest BCUT2D eigenvalue weighted by Crippen LogP contribution is -2.41. The minimum absolute atomic E-state index is 0.0123. The van der Waals surface area contributed by atoms with E-state index in [9.17, 15) is 9.59 Å². The van der Waals surface area contributed by atoms with E-state index in [0.29, 0.717) is 32.1 Å². The summed E-state index contributed by atoms with van der Waals surface area (Å²) in [5.41, 5.74) is 3.36. The summed E-state index contributed by atoms with van der Waals surface area (Å²) in [6.07, 6.45) is 14.8. The first-order chi connectivity index (χ1) is 22.0. The number of nitrogens with zero attached hydrogens (tertiary/aromatic N) is 5. The predicted octanol–water partition coefficient (Wildman–Crippen LogP) is 5.78. The van der Waals surface area contributed by atoms with E-state index in [1.807, 2.05) is 53.3 Å². The van der Waals surface area contributed by atoms with Gasteiger partial charge in [0.05, 0.1) is 0 Å². The summed E-state index contributed by atoms with van der Waals surface area (Å²) >= 11 is 0. The third-order valence-corrected chi connectivity index (χ3v) is 9.37. The maximum atomic E-state index is 13.2. The van der Waals surface area contributed by atoms with Gasteiger partial charge in [-0.1, -0.05) is 25.5 Å². The van der Waals surface area contributed by atoms with Crippen molar-refractivity contribution in [2.45, 2.75) is 69.5 Å². The third-order valence-electron chi connectivity index (χ3n) is 9.37. The van der Waals surface area contributed by atoms with Gasteiger partial charge in [0.15, 0.2) is 5.82 Å². The second-order valence-electron chi connectivity index (χ2n) is 12.3. The Morgan fingerprint density at radius 3 is 2.02 bits per heavy atom. The molecule has 1 aliphatic carbocycles. The average Bonchev–Trinajstić information content (AvgIpc) is 3.77. The van der Waals surface area contributed by atoms with Gasteiger partial charge in [0, 0.05) is 70.5 Å². The molecule has 3 heterocycles. The molecule has 2 aromatic carbocycles. The highest BCUT2D eigenvalue weighted by molar-refractivity contribution is 5.92. The molecule has 6 rings (SSSR count). The van der Waals surface area contributed by atoms with Gasteiger partial charge in [0.2, 0.25) is 11.8 Å². The standard InChI is InChI=1S/C36H43N5O4/c1-3-34(42)40-20-16-31(17-21-40)45-32-14-8-27(33(24-32)26-6-4-5-7-26)11-15-35(43)41-22-18-30(19-23-41)44-29-12-9-28(10-13-29)36-37-25-38-39(36)2/h3,8-15,24-26,30-31H,1,4-7,16-23H2,2H3/b15-11+. The normalized spacial score (nSPS) is 18.4. The quantitative estimate of drug-likeness (QED) is 0.286. The molecule has 9 heteroatoms. The smallest absolute Gasteiger partial charge is 0.246 e. The molecule has 0 unspecified atom stereocenters. The number of hydrogen-bond acceptors (Lipinski definition) is 6. The van der Waals surface area contributed by atoms with Gasteiger partial charge in [-0.15, -0.1) is 0 Å². The maximum absolute atomic E-state index is 13.2. The fourth-order valence-electron chi connectivity index (χ4n) is 6.78. The van der Waals surface area contributed by atoms with Crippen molar-refractivity contribution in [3.63, 3.8) is 0 Å². The van der Waals surface area contributed by atoms with Gasteiger partial charge in [-0.2, -0.15) is 5.10 Å². The van der Waals surface area contributed by atoms with Gasteiger partial charge < -0.3 is 19.3 Å². The first-order valence-corrected chi connectivity index (χ1v) is 16.3. The number of piperidine rings is 2. The summed E-state index contributed by atoms with van der Waals surface area (Å²) in [6, 6.07) is 14.2. The Hall–Kier alpha value is -4.40. The molecule has 2 saturated heterocycles. The lowest BCUT2D eigenvalue weighted by molar-refractivity contribution is -0.128. The molecule has 3 aliphatic rings. The number of carbonyl (C=O) groups excluding carboxylic acids is 2. The lowest BCUT2D eigenvalue weighted by atomic mass is 9.92. The molecule has 1 saturated carbocycles. The second kappa shape index (κ2) is 14.1. The Labute approximate surface area is 265 Å². The fraction of sp³-hybridized carbons (Fsp3) is 0.444. The van der Waals surface area contributed by atoms with E-state index >= 15 is 0 Å². The predicted molar refractivity (Wildman–Crippen MR) is 174 cm³/mol. The zero-order chi connectivity index (χ0) is 31.2. The van der Waals surface area contributed by atoms with Gasteiger partial charge in [-0.3, -0.25) is 9.59 Å². The van der Waals surface area contributed by atoms with Crippen LogP contribution in [0.5, 0.6) is 11.5 Å². The molecule has 0 atom stereocenters. The third kappa shape index (κ3) is 7.47. The molecule has 0 N–H and O–H groups in total. The minimum atomic E-state index is -0.0123. The molecule has 2 aliphatic heterocycles. The number of likely N-dealkylation sites (tertiary alicyclic amines) is 2. The molecular formula is C36H43N5O4. The second-order valence-corrected chi connectivity index (χ2v) is 12.3. The summed E-state index contributed by atoms with van der Waals surface area (Å²) in [5.74, 6) is 3.03. The monoisotopic (exact) mass is 609 g/mol. The van der Waals surface area contributed by atoms with Gasteiger partial charge in [-0.05, 0) is 78.4 Å². The number of hydrogen-bond donors (Lipinski definition) is 0. The van der Waals surface area contributed by atoms with Crippen LogP contribution in [0.1, 0.15) is 68.4 Å². The lowest BCUT2D eigenvalue weighted by Gasteiger charge is -2.32. The first kappa shape index (κ1) is 30.6. The highest BCUT2D eigenvalue weighted by atomic mass is 16.5. The average molecular weight is 610 g/mol. The Morgan fingerprint density at radius 2 is 1.42 bits per heavy atom. The van der Waals surface area contributed by atoms with E-state index in [2.05, 4.69) is 28.8 Å². The van der Waals surface area contributed by atoms with Crippen LogP contribution in [0.2, 0.25) is 0 Å². The Kier molecular flexibility index (Phi) is 9.62. The van der Waals surface area contributed by atoms with Crippen LogP contribution in [-0.4, -0.2) is 74.8 Å². The van der Waals surface area contributed by atoms with E-state index in [1.54, 1.807) is 17.1 Å². The molecule has 9 nitrogen and oxygen atoms in total. The number of aryl methyl sites for hydroxylation is 1. The molecule has 0 spiro atoms. The number of carbonyl (C=O) groups is 2. The van der Waals surface area contributed by atoms with Crippen molar-refractivity contribution in [3.8, 4) is 22.9 Å². The van der Waals surface area contributed by atoms with E-state index in [-0.39, 0.29) is 24.0 Å². The fourth-order valence-corrected chi connectivity index (χ4v) is 6.78. The summed E-state index contributed by atoms with van der Waals surface area (Å²) in [5, 5.41) is 4.13. The van der Waals surface area contributed by atoms with Crippen LogP contribution in [0, 0.1) is 0 Å². The molecule has 0 bridgehead atoms. The first-order valence-electron chi connectivity index (χ1n) is 16.3. The van der Waals surface area contributed by atoms with Gasteiger partial charge in [0.25, 0.3) is 0 Å². The summed E-state index contributed by atoms with van der Waals surface area (Å²) in [7, 11) is 1.87. The summed E-state index contributed by atoms with van der Waals surface area (Å²) in [4.78, 5) is 33.2. The molecular weight excluding hydrogens is 566 g/mol. The topological polar surface area (TPSA) is 89.8 Å². The molecule has 236 valence electrons. The van der Waals surface area contributed by atoms with Crippen molar-refractivity contribution in [2.24, 2.45) is 7.05 Å². The Bertz CT molecular complexity index is 1510. The van der Waals surface area contributed by atoms with E-state index in [4.69, 9.17) is 9.47 Å². The molecule has 3 aromatic rings. The van der Waals surface area contributed by atoms with Crippen molar-refractivity contribution in [3.05, 3.63) is 78.6 Å². The molecule has 3 fully saturated rings. The van der Waals surface area contributed by atoms with Crippen LogP contribution in [0.25, 0.3) is 17.5 Å². The van der Waals surface area contributed by atoms with Crippen LogP contribution in [0.15, 0.2) is 67.5 Å². The summed E-state index contributed by atoms with van der Waals surface area (Å²) < 4.78 is 14.4. The highest BCUT2D eigenvalue weighted by Gasteiger charge is 2.26. The van der Waals surface area contributed by atoms with Crippen molar-refractivity contribution < 1.29 is 19.1 Å². The number of ether oxygens (including phenoxy) is 2. The molecule has 0 radical (unpaired) electrons. The number of aromatic nitrogens is 3. The Morgan fingerprint density at radius 1 is 0.822 bits per heavy atom. The van der Waals surface area contributed by atoms with Gasteiger partial charge >= 0.3 is 0 Å². The largest absolute Gasteiger partial charge is 0.490 e. The minimum Gasteiger partial charge on any atom is -0.490 e. The van der Waals surface area contributed by atoms with Crippen LogP contribution in [0.4, 0.5) is 0 Å². The highest BCUT2D eigenvalue weighted by Crippen LogP contribution is 2.38. The van der Waals surface area contributed by atoms with Crippen molar-refractivity contribution >= 4 is 17.9 Å². The van der Waals surface area contributed by atoms with Crippen molar-refractivity contribution in [1.29, 1.82) is 0 Å². The zero-order valence-electron chi connectivity index (χ0n) is 26.1. The maximum Gasteiger partial charge on any atom is 0.246 e. The van der Waals surface area contributed by atoms with E-state index < -0.39 is 0 Å². The van der Waals surface area contributed by atoms with E-state index in [1.165, 1.54) is 24.5 Å². The molecule has 45 heavy (non-hydrogen) atoms. The van der Waals surface area contributed by atoms with Crippen LogP contribution >= 0.6 is 0 Å². The van der Waals surface area contributed by atoms with Gasteiger partial charge in [-0.25, -0.2) is 9.67 Å². The Balaban J connectivity index is 1.03. The van der Waals surface area contributed by atoms with Crippen LogP contribution in [0.3, 0.4) is 0 Å². The van der Waals surface area contributed by atoms with Gasteiger partial charge in [0.1, 0.15) is 30.0 Å².